The van der Waals surface area contributed by atoms with E-state index in [1.54, 1.807) is 0 Å². The minimum atomic E-state index is 0.202. The van der Waals surface area contributed by atoms with Gasteiger partial charge in [0.25, 0.3) is 0 Å². The molecular weight excluding hydrogens is 196 g/mol. The monoisotopic (exact) mass is 212 g/mol. The van der Waals surface area contributed by atoms with Crippen LogP contribution in [0.5, 0.6) is 0 Å². The first-order chi connectivity index (χ1) is 6.50. The fraction of sp³-hybridized carbons (Fsp3) is 0.889. The van der Waals surface area contributed by atoms with Gasteiger partial charge in [0, 0.05) is 0 Å². The average molecular weight is 212 g/mol. The summed E-state index contributed by atoms with van der Waals surface area (Å²) in [5.41, 5.74) is 0.202. The molecule has 1 aliphatic rings. The second kappa shape index (κ2) is 3.15. The van der Waals surface area contributed by atoms with Crippen LogP contribution in [0.3, 0.4) is 0 Å². The summed E-state index contributed by atoms with van der Waals surface area (Å²) in [4.78, 5) is 0. The van der Waals surface area contributed by atoms with Gasteiger partial charge < -0.3 is 0 Å². The minimum absolute atomic E-state index is 0.202. The zero-order chi connectivity index (χ0) is 10.3. The number of hydrogen-bond acceptors (Lipinski definition) is 3. The van der Waals surface area contributed by atoms with Crippen molar-refractivity contribution >= 4 is 12.2 Å². The fourth-order valence-corrected chi connectivity index (χ4v) is 2.30. The van der Waals surface area contributed by atoms with Crippen LogP contribution < -0.4 is 0 Å². The largest absolute Gasteiger partial charge is 0.239 e. The Balaban J connectivity index is 2.37. The molecule has 0 radical (unpaired) electrons. The van der Waals surface area contributed by atoms with Crippen LogP contribution in [-0.4, -0.2) is 20.2 Å². The van der Waals surface area contributed by atoms with Crippen molar-refractivity contribution in [2.24, 2.45) is 11.3 Å². The van der Waals surface area contributed by atoms with Crippen LogP contribution in [0.2, 0.25) is 0 Å². The molecule has 0 saturated heterocycles. The molecule has 1 N–H and O–H groups in total. The molecule has 4 nitrogen and oxygen atoms in total. The van der Waals surface area contributed by atoms with Gasteiger partial charge in [-0.15, -0.1) is 0 Å². The second-order valence-corrected chi connectivity index (χ2v) is 5.47. The molecule has 0 spiro atoms. The van der Waals surface area contributed by atoms with Crippen LogP contribution in [-0.2, 0) is 0 Å². The van der Waals surface area contributed by atoms with E-state index in [1.165, 1.54) is 12.8 Å². The predicted molar refractivity (Wildman–Crippen MR) is 56.4 cm³/mol. The van der Waals surface area contributed by atoms with Gasteiger partial charge in [-0.3, -0.25) is 0 Å². The van der Waals surface area contributed by atoms with Gasteiger partial charge in [-0.25, -0.2) is 4.68 Å². The van der Waals surface area contributed by atoms with Crippen molar-refractivity contribution in [3.05, 3.63) is 4.77 Å². The number of nitrogens with one attached hydrogen (secondary N) is 1. The standard InChI is InChI=1S/C9H16N4S/c1-9(2,3)7(6-4-5-6)13-8(14)10-11-12-13/h6-7H,4-5H2,1-3H3,(H,10,12,14). The summed E-state index contributed by atoms with van der Waals surface area (Å²) in [5.74, 6) is 0.740. The summed E-state index contributed by atoms with van der Waals surface area (Å²) >= 11 is 5.14. The SMILES string of the molecule is CC(C)(C)C(C1CC1)n1[nH]nnc1=S. The van der Waals surface area contributed by atoms with E-state index in [4.69, 9.17) is 12.2 Å². The van der Waals surface area contributed by atoms with Crippen molar-refractivity contribution in [3.63, 3.8) is 0 Å². The lowest BCUT2D eigenvalue weighted by Gasteiger charge is -2.30. The molecule has 0 aliphatic heterocycles. The third-order valence-electron chi connectivity index (χ3n) is 2.73. The van der Waals surface area contributed by atoms with Crippen LogP contribution in [0.1, 0.15) is 39.7 Å². The van der Waals surface area contributed by atoms with Crippen LogP contribution in [0.25, 0.3) is 0 Å². The maximum Gasteiger partial charge on any atom is 0.238 e. The molecule has 1 fully saturated rings. The highest BCUT2D eigenvalue weighted by Crippen LogP contribution is 2.48. The van der Waals surface area contributed by atoms with Crippen molar-refractivity contribution in [3.8, 4) is 0 Å². The van der Waals surface area contributed by atoms with E-state index in [1.807, 2.05) is 4.68 Å². The third kappa shape index (κ3) is 1.73. The number of aromatic nitrogens is 4. The maximum atomic E-state index is 5.14. The first-order valence-corrected chi connectivity index (χ1v) is 5.40. The van der Waals surface area contributed by atoms with E-state index in [2.05, 4.69) is 36.3 Å². The normalized spacial score (nSPS) is 19.6. The number of H-pyrrole nitrogens is 1. The Morgan fingerprint density at radius 3 is 2.50 bits per heavy atom. The van der Waals surface area contributed by atoms with Gasteiger partial charge in [-0.2, -0.15) is 5.21 Å². The molecule has 5 heteroatoms. The van der Waals surface area contributed by atoms with Gasteiger partial charge in [0.1, 0.15) is 0 Å². The van der Waals surface area contributed by atoms with Crippen LogP contribution in [0.4, 0.5) is 0 Å². The lowest BCUT2D eigenvalue weighted by Crippen LogP contribution is -2.27. The molecule has 1 aromatic rings. The van der Waals surface area contributed by atoms with Gasteiger partial charge >= 0.3 is 0 Å². The van der Waals surface area contributed by atoms with Gasteiger partial charge in [0.05, 0.1) is 6.04 Å². The van der Waals surface area contributed by atoms with Gasteiger partial charge in [0.15, 0.2) is 0 Å². The second-order valence-electron chi connectivity index (χ2n) is 5.10. The Kier molecular flexibility index (Phi) is 2.21. The lowest BCUT2D eigenvalue weighted by atomic mass is 9.84. The zero-order valence-electron chi connectivity index (χ0n) is 8.82. The molecule has 0 bridgehead atoms. The number of rotatable bonds is 2. The lowest BCUT2D eigenvalue weighted by molar-refractivity contribution is 0.193. The third-order valence-corrected chi connectivity index (χ3v) is 3.01. The molecule has 1 aliphatic carbocycles. The molecule has 1 unspecified atom stereocenters. The Morgan fingerprint density at radius 2 is 2.14 bits per heavy atom. The Bertz CT molecular complexity index is 369. The summed E-state index contributed by atoms with van der Waals surface area (Å²) in [6, 6.07) is 0.407. The highest BCUT2D eigenvalue weighted by molar-refractivity contribution is 7.71. The Morgan fingerprint density at radius 1 is 1.50 bits per heavy atom. The summed E-state index contributed by atoms with van der Waals surface area (Å²) in [5, 5.41) is 10.5. The van der Waals surface area contributed by atoms with E-state index in [-0.39, 0.29) is 5.41 Å². The molecule has 1 atom stereocenters. The highest BCUT2D eigenvalue weighted by Gasteiger charge is 2.40. The number of nitrogens with zero attached hydrogens (tertiary/aromatic N) is 3. The topological polar surface area (TPSA) is 46.5 Å². The smallest absolute Gasteiger partial charge is 0.238 e. The van der Waals surface area contributed by atoms with Crippen LogP contribution in [0, 0.1) is 16.1 Å². The molecule has 0 amide bonds. The van der Waals surface area contributed by atoms with Crippen molar-refractivity contribution in [1.29, 1.82) is 0 Å². The fourth-order valence-electron chi connectivity index (χ4n) is 2.10. The molecule has 1 saturated carbocycles. The van der Waals surface area contributed by atoms with Gasteiger partial charge in [-0.1, -0.05) is 31.1 Å². The number of hydrogen-bond donors (Lipinski definition) is 1. The van der Waals surface area contributed by atoms with E-state index >= 15 is 0 Å². The molecular formula is C9H16N4S. The molecule has 1 heterocycles. The number of aromatic amines is 1. The van der Waals surface area contributed by atoms with Gasteiger partial charge in [0.2, 0.25) is 4.77 Å². The summed E-state index contributed by atoms with van der Waals surface area (Å²) in [6.45, 7) is 6.70. The molecule has 78 valence electrons. The minimum Gasteiger partial charge on any atom is -0.239 e. The van der Waals surface area contributed by atoms with E-state index in [0.717, 1.165) is 5.92 Å². The van der Waals surface area contributed by atoms with Crippen molar-refractivity contribution < 1.29 is 0 Å². The van der Waals surface area contributed by atoms with E-state index < -0.39 is 0 Å². The molecule has 1 aromatic heterocycles. The predicted octanol–water partition coefficient (Wildman–Crippen LogP) is 2.33. The quantitative estimate of drug-likeness (QED) is 0.765. The Hall–Kier alpha value is -0.710. The highest BCUT2D eigenvalue weighted by atomic mass is 32.1. The number of tetrazole rings is 1. The zero-order valence-corrected chi connectivity index (χ0v) is 9.64. The van der Waals surface area contributed by atoms with E-state index in [0.29, 0.717) is 10.8 Å². The molecule has 0 aromatic carbocycles. The molecule has 2 rings (SSSR count). The summed E-state index contributed by atoms with van der Waals surface area (Å²) in [6.07, 6.45) is 2.59. The van der Waals surface area contributed by atoms with E-state index in [9.17, 15) is 0 Å². The Labute approximate surface area is 88.7 Å². The maximum absolute atomic E-state index is 5.14. The van der Waals surface area contributed by atoms with Crippen molar-refractivity contribution in [2.45, 2.75) is 39.7 Å². The summed E-state index contributed by atoms with van der Waals surface area (Å²) < 4.78 is 2.50. The average Bonchev–Trinajstić information content (AvgIpc) is 2.76. The summed E-state index contributed by atoms with van der Waals surface area (Å²) in [7, 11) is 0. The van der Waals surface area contributed by atoms with Crippen LogP contribution >= 0.6 is 12.2 Å². The van der Waals surface area contributed by atoms with Crippen LogP contribution in [0.15, 0.2) is 0 Å². The van der Waals surface area contributed by atoms with Crippen molar-refractivity contribution in [1.82, 2.24) is 20.2 Å². The van der Waals surface area contributed by atoms with Crippen molar-refractivity contribution in [2.75, 3.05) is 0 Å². The van der Waals surface area contributed by atoms with Gasteiger partial charge in [-0.05, 0) is 36.4 Å². The first-order valence-electron chi connectivity index (χ1n) is 5.00. The first kappa shape index (κ1) is 9.83. The molecule has 14 heavy (non-hydrogen) atoms.